The van der Waals surface area contributed by atoms with E-state index >= 15 is 0 Å². The molecule has 0 spiro atoms. The van der Waals surface area contributed by atoms with Crippen LogP contribution in [0.1, 0.15) is 30.9 Å². The lowest BCUT2D eigenvalue weighted by molar-refractivity contribution is -0.143. The molecule has 1 saturated carbocycles. The first kappa shape index (κ1) is 19.5. The summed E-state index contributed by atoms with van der Waals surface area (Å²) >= 11 is 0. The second-order valence-electron chi connectivity index (χ2n) is 8.44. The van der Waals surface area contributed by atoms with E-state index in [1.54, 1.807) is 6.07 Å². The normalized spacial score (nSPS) is 27.3. The average Bonchev–Trinajstić information content (AvgIpc) is 3.07. The number of hydrogen-bond acceptors (Lipinski definition) is 5. The number of aromatic nitrogens is 1. The SMILES string of the molecule is O=C(C[C@H](c1ccccc1)N1C(=O)[C@@H]2[C@@H](C1=O)[C@H]1C=C[C@H]2CC1)Nc1ncccc1O. The van der Waals surface area contributed by atoms with Crippen LogP contribution in [0.25, 0.3) is 0 Å². The summed E-state index contributed by atoms with van der Waals surface area (Å²) in [5, 5.41) is 12.5. The van der Waals surface area contributed by atoms with Gasteiger partial charge in [-0.1, -0.05) is 42.5 Å². The number of imide groups is 1. The first-order valence-electron chi connectivity index (χ1n) is 10.6. The summed E-state index contributed by atoms with van der Waals surface area (Å²) in [6, 6.07) is 11.4. The molecule has 1 saturated heterocycles. The third-order valence-corrected chi connectivity index (χ3v) is 6.71. The van der Waals surface area contributed by atoms with Gasteiger partial charge in [-0.05, 0) is 42.4 Å². The van der Waals surface area contributed by atoms with Crippen LogP contribution in [0, 0.1) is 23.7 Å². The molecule has 7 heteroatoms. The fourth-order valence-electron chi connectivity index (χ4n) is 5.29. The monoisotopic (exact) mass is 417 g/mol. The number of aromatic hydroxyl groups is 1. The number of carbonyl (C=O) groups excluding carboxylic acids is 3. The molecule has 158 valence electrons. The molecule has 4 aliphatic rings. The second kappa shape index (κ2) is 7.65. The first-order valence-corrected chi connectivity index (χ1v) is 10.6. The van der Waals surface area contributed by atoms with E-state index in [-0.39, 0.29) is 53.5 Å². The maximum Gasteiger partial charge on any atom is 0.234 e. The third kappa shape index (κ3) is 3.30. The molecule has 1 aromatic heterocycles. The number of pyridine rings is 1. The molecule has 5 atom stereocenters. The number of amides is 3. The van der Waals surface area contributed by atoms with E-state index in [2.05, 4.69) is 22.5 Å². The predicted octanol–water partition coefficient (Wildman–Crippen LogP) is 3.05. The smallest absolute Gasteiger partial charge is 0.234 e. The molecule has 6 rings (SSSR count). The quantitative estimate of drug-likeness (QED) is 0.575. The van der Waals surface area contributed by atoms with Gasteiger partial charge in [-0.2, -0.15) is 0 Å². The van der Waals surface area contributed by atoms with Gasteiger partial charge in [0.05, 0.1) is 24.3 Å². The van der Waals surface area contributed by atoms with Crippen LogP contribution in [0.4, 0.5) is 5.82 Å². The van der Waals surface area contributed by atoms with E-state index in [1.807, 2.05) is 30.3 Å². The van der Waals surface area contributed by atoms with Crippen LogP contribution < -0.4 is 5.32 Å². The first-order chi connectivity index (χ1) is 15.0. The van der Waals surface area contributed by atoms with Crippen LogP contribution in [0.15, 0.2) is 60.8 Å². The molecule has 3 aliphatic carbocycles. The van der Waals surface area contributed by atoms with Gasteiger partial charge in [0, 0.05) is 6.20 Å². The van der Waals surface area contributed by atoms with Crippen molar-refractivity contribution in [3.63, 3.8) is 0 Å². The van der Waals surface area contributed by atoms with Crippen molar-refractivity contribution in [2.75, 3.05) is 5.32 Å². The number of rotatable bonds is 5. The van der Waals surface area contributed by atoms with Crippen molar-refractivity contribution >= 4 is 23.5 Å². The zero-order valence-corrected chi connectivity index (χ0v) is 16.8. The van der Waals surface area contributed by atoms with Gasteiger partial charge >= 0.3 is 0 Å². The van der Waals surface area contributed by atoms with E-state index in [9.17, 15) is 19.5 Å². The van der Waals surface area contributed by atoms with Crippen LogP contribution in [-0.2, 0) is 14.4 Å². The summed E-state index contributed by atoms with van der Waals surface area (Å²) in [6.45, 7) is 0. The van der Waals surface area contributed by atoms with Crippen molar-refractivity contribution in [2.24, 2.45) is 23.7 Å². The predicted molar refractivity (Wildman–Crippen MR) is 113 cm³/mol. The summed E-state index contributed by atoms with van der Waals surface area (Å²) in [7, 11) is 0. The zero-order chi connectivity index (χ0) is 21.5. The van der Waals surface area contributed by atoms with E-state index in [1.165, 1.54) is 17.2 Å². The molecule has 2 N–H and O–H groups in total. The Hall–Kier alpha value is -3.48. The van der Waals surface area contributed by atoms with Crippen LogP contribution >= 0.6 is 0 Å². The second-order valence-corrected chi connectivity index (χ2v) is 8.44. The summed E-state index contributed by atoms with van der Waals surface area (Å²) in [5.74, 6) is -1.37. The Bertz CT molecular complexity index is 1040. The number of anilines is 1. The highest BCUT2D eigenvalue weighted by Crippen LogP contribution is 2.51. The molecule has 0 unspecified atom stereocenters. The minimum absolute atomic E-state index is 0.0503. The Labute approximate surface area is 179 Å². The Morgan fingerprint density at radius 1 is 1.03 bits per heavy atom. The molecule has 2 aromatic rings. The molecule has 0 radical (unpaired) electrons. The molecule has 1 aliphatic heterocycles. The van der Waals surface area contributed by atoms with E-state index in [0.29, 0.717) is 0 Å². The van der Waals surface area contributed by atoms with E-state index in [4.69, 9.17) is 0 Å². The maximum absolute atomic E-state index is 13.4. The maximum atomic E-state index is 13.4. The lowest BCUT2D eigenvalue weighted by Crippen LogP contribution is -2.38. The fraction of sp³-hybridized carbons (Fsp3) is 0.333. The Balaban J connectivity index is 1.45. The molecular formula is C24H23N3O4. The number of hydrogen-bond donors (Lipinski definition) is 2. The van der Waals surface area contributed by atoms with E-state index < -0.39 is 11.9 Å². The minimum atomic E-state index is -0.711. The van der Waals surface area contributed by atoms with Crippen LogP contribution in [0.2, 0.25) is 0 Å². The lowest BCUT2D eigenvalue weighted by Gasteiger charge is -2.38. The molecule has 2 heterocycles. The van der Waals surface area contributed by atoms with Gasteiger partial charge < -0.3 is 10.4 Å². The number of fused-ring (bicyclic) bond motifs is 1. The van der Waals surface area contributed by atoms with Gasteiger partial charge in [-0.15, -0.1) is 0 Å². The summed E-state index contributed by atoms with van der Waals surface area (Å²) < 4.78 is 0. The molecular weight excluding hydrogens is 394 g/mol. The van der Waals surface area contributed by atoms with Gasteiger partial charge in [0.25, 0.3) is 0 Å². The molecule has 7 nitrogen and oxygen atoms in total. The lowest BCUT2D eigenvalue weighted by atomic mass is 9.63. The number of nitrogens with one attached hydrogen (secondary N) is 1. The molecule has 1 aromatic carbocycles. The number of benzene rings is 1. The van der Waals surface area contributed by atoms with Crippen LogP contribution in [0.3, 0.4) is 0 Å². The molecule has 2 bridgehead atoms. The fourth-order valence-corrected chi connectivity index (χ4v) is 5.29. The number of likely N-dealkylation sites (tertiary alicyclic amines) is 1. The highest BCUT2D eigenvalue weighted by molar-refractivity contribution is 6.07. The standard InChI is InChI=1S/C24H23N3O4/c28-18-7-4-12-25-22(18)26-19(29)13-17(14-5-2-1-3-6-14)27-23(30)20-15-8-9-16(11-10-15)21(20)24(27)31/h1-9,12,15-17,20-21,28H,10-11,13H2,(H,25,26,29)/t15-,16-,17+,20-,21-/m0/s1. The Morgan fingerprint density at radius 3 is 2.26 bits per heavy atom. The average molecular weight is 417 g/mol. The van der Waals surface area contributed by atoms with Crippen molar-refractivity contribution < 1.29 is 19.5 Å². The summed E-state index contributed by atoms with van der Waals surface area (Å²) in [6.07, 6.45) is 7.36. The zero-order valence-electron chi connectivity index (χ0n) is 16.8. The van der Waals surface area contributed by atoms with Crippen molar-refractivity contribution in [1.29, 1.82) is 0 Å². The number of allylic oxidation sites excluding steroid dienone is 2. The highest BCUT2D eigenvalue weighted by atomic mass is 16.3. The molecule has 2 fully saturated rings. The third-order valence-electron chi connectivity index (χ3n) is 6.71. The largest absolute Gasteiger partial charge is 0.504 e. The van der Waals surface area contributed by atoms with Crippen molar-refractivity contribution in [2.45, 2.75) is 25.3 Å². The van der Waals surface area contributed by atoms with Crippen molar-refractivity contribution in [3.05, 3.63) is 66.4 Å². The topological polar surface area (TPSA) is 99.6 Å². The highest BCUT2D eigenvalue weighted by Gasteiger charge is 2.58. The van der Waals surface area contributed by atoms with Crippen molar-refractivity contribution in [1.82, 2.24) is 9.88 Å². The minimum Gasteiger partial charge on any atom is -0.504 e. The molecule has 3 amide bonds. The van der Waals surface area contributed by atoms with Gasteiger partial charge in [0.1, 0.15) is 0 Å². The number of carbonyl (C=O) groups is 3. The Morgan fingerprint density at radius 2 is 1.68 bits per heavy atom. The summed E-state index contributed by atoms with van der Waals surface area (Å²) in [5.41, 5.74) is 0.726. The van der Waals surface area contributed by atoms with Crippen LogP contribution in [-0.4, -0.2) is 32.7 Å². The van der Waals surface area contributed by atoms with Crippen molar-refractivity contribution in [3.8, 4) is 5.75 Å². The van der Waals surface area contributed by atoms with Gasteiger partial charge in [-0.25, -0.2) is 4.98 Å². The molecule has 31 heavy (non-hydrogen) atoms. The van der Waals surface area contributed by atoms with E-state index in [0.717, 1.165) is 18.4 Å². The Kier molecular flexibility index (Phi) is 4.81. The van der Waals surface area contributed by atoms with Crippen LogP contribution in [0.5, 0.6) is 5.75 Å². The summed E-state index contributed by atoms with van der Waals surface area (Å²) in [4.78, 5) is 45.0. The van der Waals surface area contributed by atoms with Gasteiger partial charge in [0.15, 0.2) is 11.6 Å². The number of nitrogens with zero attached hydrogens (tertiary/aromatic N) is 2. The van der Waals surface area contributed by atoms with Gasteiger partial charge in [-0.3, -0.25) is 19.3 Å². The van der Waals surface area contributed by atoms with Gasteiger partial charge in [0.2, 0.25) is 17.7 Å².